The molecule has 1 fully saturated rings. The van der Waals surface area contributed by atoms with E-state index in [4.69, 9.17) is 5.73 Å². The molecule has 1 rings (SSSR count). The summed E-state index contributed by atoms with van der Waals surface area (Å²) in [4.78, 5) is 26.0. The summed E-state index contributed by atoms with van der Waals surface area (Å²) < 4.78 is 0. The maximum atomic E-state index is 11.1. The number of hydrogen-bond donors (Lipinski definition) is 3. The van der Waals surface area contributed by atoms with Gasteiger partial charge in [0.1, 0.15) is 0 Å². The summed E-state index contributed by atoms with van der Waals surface area (Å²) in [5, 5.41) is 3.11. The van der Waals surface area contributed by atoms with Gasteiger partial charge in [0.05, 0.1) is 6.54 Å². The first-order valence-electron chi connectivity index (χ1n) is 5.11. The van der Waals surface area contributed by atoms with Gasteiger partial charge in [-0.25, -0.2) is 5.48 Å². The Labute approximate surface area is 88.5 Å². The first kappa shape index (κ1) is 11.9. The van der Waals surface area contributed by atoms with Crippen molar-refractivity contribution < 1.29 is 14.4 Å². The summed E-state index contributed by atoms with van der Waals surface area (Å²) in [7, 11) is 0. The lowest BCUT2D eigenvalue weighted by molar-refractivity contribution is -0.137. The van der Waals surface area contributed by atoms with Gasteiger partial charge in [0.25, 0.3) is 5.91 Å². The highest BCUT2D eigenvalue weighted by Gasteiger charge is 2.15. The summed E-state index contributed by atoms with van der Waals surface area (Å²) in [5.41, 5.74) is 6.96. The minimum absolute atomic E-state index is 0.212. The second-order valence-corrected chi connectivity index (χ2v) is 3.64. The van der Waals surface area contributed by atoms with Crippen LogP contribution in [-0.2, 0) is 14.4 Å². The van der Waals surface area contributed by atoms with E-state index in [1.807, 2.05) is 0 Å². The molecular formula is C9H17N3O3. The Bertz CT molecular complexity index is 227. The van der Waals surface area contributed by atoms with Gasteiger partial charge >= 0.3 is 0 Å². The van der Waals surface area contributed by atoms with Crippen molar-refractivity contribution in [3.05, 3.63) is 0 Å². The molecule has 1 aliphatic rings. The molecule has 0 atom stereocenters. The van der Waals surface area contributed by atoms with Crippen LogP contribution in [0.15, 0.2) is 0 Å². The van der Waals surface area contributed by atoms with Crippen LogP contribution in [0.3, 0.4) is 0 Å². The normalized spacial score (nSPS) is 16.5. The highest BCUT2D eigenvalue weighted by atomic mass is 16.7. The molecule has 6 heteroatoms. The van der Waals surface area contributed by atoms with Crippen molar-refractivity contribution in [2.24, 2.45) is 5.73 Å². The molecule has 0 saturated heterocycles. The predicted octanol–water partition coefficient (Wildman–Crippen LogP) is -0.948. The van der Waals surface area contributed by atoms with E-state index < -0.39 is 5.91 Å². The van der Waals surface area contributed by atoms with Crippen LogP contribution in [0.25, 0.3) is 0 Å². The average Bonchev–Trinajstić information content (AvgIpc) is 2.66. The SMILES string of the molecule is NC(=O)CONC(=O)CNC1CCCC1. The summed E-state index contributed by atoms with van der Waals surface area (Å²) >= 11 is 0. The van der Waals surface area contributed by atoms with Gasteiger partial charge < -0.3 is 11.1 Å². The minimum Gasteiger partial charge on any atom is -0.368 e. The van der Waals surface area contributed by atoms with Crippen LogP contribution in [0.2, 0.25) is 0 Å². The Morgan fingerprint density at radius 2 is 2.00 bits per heavy atom. The maximum absolute atomic E-state index is 11.1. The fourth-order valence-electron chi connectivity index (χ4n) is 1.59. The molecule has 1 saturated carbocycles. The number of nitrogens with one attached hydrogen (secondary N) is 2. The Morgan fingerprint density at radius 3 is 2.60 bits per heavy atom. The van der Waals surface area contributed by atoms with Gasteiger partial charge in [0.15, 0.2) is 6.61 Å². The topological polar surface area (TPSA) is 93.5 Å². The third-order valence-corrected chi connectivity index (χ3v) is 2.31. The zero-order valence-corrected chi connectivity index (χ0v) is 8.62. The number of nitrogens with two attached hydrogens (primary N) is 1. The largest absolute Gasteiger partial charge is 0.368 e. The molecule has 0 aromatic rings. The highest BCUT2D eigenvalue weighted by molar-refractivity contribution is 5.78. The third kappa shape index (κ3) is 5.34. The van der Waals surface area contributed by atoms with Crippen LogP contribution < -0.4 is 16.5 Å². The summed E-state index contributed by atoms with van der Waals surface area (Å²) in [6.45, 7) is -0.0847. The fourth-order valence-corrected chi connectivity index (χ4v) is 1.59. The monoisotopic (exact) mass is 215 g/mol. The highest BCUT2D eigenvalue weighted by Crippen LogP contribution is 2.16. The number of primary amides is 1. The molecule has 0 aromatic carbocycles. The number of carbonyl (C=O) groups excluding carboxylic acids is 2. The second-order valence-electron chi connectivity index (χ2n) is 3.64. The van der Waals surface area contributed by atoms with Crippen molar-refractivity contribution >= 4 is 11.8 Å². The molecule has 86 valence electrons. The fraction of sp³-hybridized carbons (Fsp3) is 0.778. The number of hydrogen-bond acceptors (Lipinski definition) is 4. The van der Waals surface area contributed by atoms with Crippen molar-refractivity contribution in [3.8, 4) is 0 Å². The van der Waals surface area contributed by atoms with E-state index in [0.29, 0.717) is 6.04 Å². The lowest BCUT2D eigenvalue weighted by Crippen LogP contribution is -2.39. The van der Waals surface area contributed by atoms with Gasteiger partial charge in [0, 0.05) is 6.04 Å². The summed E-state index contributed by atoms with van der Waals surface area (Å²) in [6, 6.07) is 0.437. The van der Waals surface area contributed by atoms with E-state index in [0.717, 1.165) is 12.8 Å². The van der Waals surface area contributed by atoms with Crippen LogP contribution in [0.4, 0.5) is 0 Å². The first-order valence-corrected chi connectivity index (χ1v) is 5.11. The molecule has 0 bridgehead atoms. The van der Waals surface area contributed by atoms with Crippen LogP contribution >= 0.6 is 0 Å². The molecule has 2 amide bonds. The Hall–Kier alpha value is -1.14. The smallest absolute Gasteiger partial charge is 0.257 e. The Morgan fingerprint density at radius 1 is 1.33 bits per heavy atom. The van der Waals surface area contributed by atoms with Crippen LogP contribution in [-0.4, -0.2) is 31.0 Å². The van der Waals surface area contributed by atoms with E-state index in [2.05, 4.69) is 15.6 Å². The summed E-state index contributed by atoms with van der Waals surface area (Å²) in [5.74, 6) is -0.901. The Balaban J connectivity index is 2.00. The first-order chi connectivity index (χ1) is 7.18. The molecule has 0 unspecified atom stereocenters. The van der Waals surface area contributed by atoms with Crippen LogP contribution in [0.5, 0.6) is 0 Å². The van der Waals surface area contributed by atoms with Crippen LogP contribution in [0.1, 0.15) is 25.7 Å². The predicted molar refractivity (Wildman–Crippen MR) is 53.5 cm³/mol. The zero-order chi connectivity index (χ0) is 11.1. The molecular weight excluding hydrogens is 198 g/mol. The van der Waals surface area contributed by atoms with E-state index in [9.17, 15) is 9.59 Å². The van der Waals surface area contributed by atoms with Gasteiger partial charge in [-0.2, -0.15) is 0 Å². The van der Waals surface area contributed by atoms with Gasteiger partial charge in [-0.1, -0.05) is 12.8 Å². The number of hydroxylamine groups is 1. The summed E-state index contributed by atoms with van der Waals surface area (Å²) in [6.07, 6.45) is 4.68. The molecule has 4 N–H and O–H groups in total. The molecule has 0 aromatic heterocycles. The van der Waals surface area contributed by atoms with E-state index in [1.165, 1.54) is 12.8 Å². The molecule has 6 nitrogen and oxygen atoms in total. The molecule has 1 aliphatic carbocycles. The molecule has 0 heterocycles. The number of carbonyl (C=O) groups is 2. The maximum Gasteiger partial charge on any atom is 0.257 e. The zero-order valence-electron chi connectivity index (χ0n) is 8.62. The quantitative estimate of drug-likeness (QED) is 0.498. The van der Waals surface area contributed by atoms with Gasteiger partial charge in [-0.05, 0) is 12.8 Å². The molecule has 0 aliphatic heterocycles. The lowest BCUT2D eigenvalue weighted by Gasteiger charge is -2.11. The standard InChI is InChI=1S/C9H17N3O3/c10-8(13)6-15-12-9(14)5-11-7-3-1-2-4-7/h7,11H,1-6H2,(H2,10,13)(H,12,14). The molecule has 0 radical (unpaired) electrons. The van der Waals surface area contributed by atoms with Crippen LogP contribution in [0, 0.1) is 0 Å². The van der Waals surface area contributed by atoms with Crippen molar-refractivity contribution in [1.29, 1.82) is 0 Å². The van der Waals surface area contributed by atoms with E-state index >= 15 is 0 Å². The van der Waals surface area contributed by atoms with Crippen molar-refractivity contribution in [2.45, 2.75) is 31.7 Å². The third-order valence-electron chi connectivity index (χ3n) is 2.31. The lowest BCUT2D eigenvalue weighted by atomic mass is 10.2. The van der Waals surface area contributed by atoms with E-state index in [-0.39, 0.29) is 19.1 Å². The van der Waals surface area contributed by atoms with Gasteiger partial charge in [-0.3, -0.25) is 14.4 Å². The second kappa shape index (κ2) is 6.36. The van der Waals surface area contributed by atoms with Crippen molar-refractivity contribution in [2.75, 3.05) is 13.2 Å². The van der Waals surface area contributed by atoms with Gasteiger partial charge in [-0.15, -0.1) is 0 Å². The molecule has 15 heavy (non-hydrogen) atoms. The van der Waals surface area contributed by atoms with Gasteiger partial charge in [0.2, 0.25) is 5.91 Å². The minimum atomic E-state index is -0.612. The number of rotatable bonds is 6. The van der Waals surface area contributed by atoms with E-state index in [1.54, 1.807) is 0 Å². The number of amides is 2. The Kier molecular flexibility index (Phi) is 5.06. The average molecular weight is 215 g/mol. The van der Waals surface area contributed by atoms with Crippen molar-refractivity contribution in [3.63, 3.8) is 0 Å². The molecule has 0 spiro atoms. The van der Waals surface area contributed by atoms with Crippen molar-refractivity contribution in [1.82, 2.24) is 10.8 Å².